The molecular formula is C7H10BrN3O. The fraction of sp³-hybridized carbons (Fsp3) is 0.429. The maximum atomic E-state index is 5.55. The Morgan fingerprint density at radius 3 is 3.00 bits per heavy atom. The maximum absolute atomic E-state index is 5.55. The maximum Gasteiger partial charge on any atom is 0.141 e. The Labute approximate surface area is 79.3 Å². The number of ether oxygens (including phenoxy) is 1. The topological polar surface area (TPSA) is 61.0 Å². The van der Waals surface area contributed by atoms with E-state index < -0.39 is 0 Å². The summed E-state index contributed by atoms with van der Waals surface area (Å²) in [6.45, 7) is 0.612. The van der Waals surface area contributed by atoms with Crippen LogP contribution in [0.4, 0.5) is 5.82 Å². The summed E-state index contributed by atoms with van der Waals surface area (Å²) in [5, 5.41) is 0. The molecule has 5 heteroatoms. The summed E-state index contributed by atoms with van der Waals surface area (Å²) in [5.74, 6) is 1.17. The Bertz CT molecular complexity index is 267. The summed E-state index contributed by atoms with van der Waals surface area (Å²) >= 11 is 3.22. The number of nitrogens with zero attached hydrogens (tertiary/aromatic N) is 2. The molecule has 0 aliphatic carbocycles. The van der Waals surface area contributed by atoms with Crippen LogP contribution in [0.1, 0.15) is 5.82 Å². The van der Waals surface area contributed by atoms with Crippen LogP contribution in [0.3, 0.4) is 0 Å². The van der Waals surface area contributed by atoms with Gasteiger partial charge in [-0.3, -0.25) is 0 Å². The summed E-state index contributed by atoms with van der Waals surface area (Å²) in [6.07, 6.45) is 2.33. The zero-order valence-electron chi connectivity index (χ0n) is 6.75. The van der Waals surface area contributed by atoms with E-state index in [1.807, 2.05) is 0 Å². The Balaban J connectivity index is 2.69. The number of nitrogens with two attached hydrogens (primary N) is 1. The summed E-state index contributed by atoms with van der Waals surface area (Å²) in [7, 11) is 1.64. The van der Waals surface area contributed by atoms with E-state index in [-0.39, 0.29) is 0 Å². The number of halogens is 1. The Morgan fingerprint density at radius 2 is 2.42 bits per heavy atom. The average Bonchev–Trinajstić information content (AvgIpc) is 2.07. The largest absolute Gasteiger partial charge is 0.384 e. The predicted molar refractivity (Wildman–Crippen MR) is 49.7 cm³/mol. The van der Waals surface area contributed by atoms with E-state index in [2.05, 4.69) is 25.9 Å². The van der Waals surface area contributed by atoms with Gasteiger partial charge in [0.05, 0.1) is 11.1 Å². The van der Waals surface area contributed by atoms with Crippen LogP contribution in [0.15, 0.2) is 10.7 Å². The summed E-state index contributed by atoms with van der Waals surface area (Å²) in [4.78, 5) is 8.11. The lowest BCUT2D eigenvalue weighted by atomic mass is 10.4. The van der Waals surface area contributed by atoms with Crippen LogP contribution in [0.25, 0.3) is 0 Å². The van der Waals surface area contributed by atoms with Crippen LogP contribution >= 0.6 is 15.9 Å². The molecule has 0 aliphatic rings. The van der Waals surface area contributed by atoms with Crippen molar-refractivity contribution < 1.29 is 4.74 Å². The van der Waals surface area contributed by atoms with E-state index in [1.54, 1.807) is 13.3 Å². The minimum absolute atomic E-state index is 0.469. The predicted octanol–water partition coefficient (Wildman–Crippen LogP) is 1.01. The monoisotopic (exact) mass is 231 g/mol. The lowest BCUT2D eigenvalue weighted by molar-refractivity contribution is 0.200. The molecule has 0 aliphatic heterocycles. The normalized spacial score (nSPS) is 10.2. The first-order valence-electron chi connectivity index (χ1n) is 3.50. The molecule has 0 saturated heterocycles. The molecule has 66 valence electrons. The second kappa shape index (κ2) is 4.37. The van der Waals surface area contributed by atoms with E-state index in [0.717, 1.165) is 4.47 Å². The molecule has 1 rings (SSSR count). The van der Waals surface area contributed by atoms with Crippen molar-refractivity contribution in [2.75, 3.05) is 19.5 Å². The van der Waals surface area contributed by atoms with Crippen molar-refractivity contribution in [1.29, 1.82) is 0 Å². The van der Waals surface area contributed by atoms with Crippen molar-refractivity contribution >= 4 is 21.7 Å². The molecule has 4 nitrogen and oxygen atoms in total. The van der Waals surface area contributed by atoms with Gasteiger partial charge < -0.3 is 10.5 Å². The highest BCUT2D eigenvalue weighted by Gasteiger charge is 2.00. The second-order valence-electron chi connectivity index (χ2n) is 2.26. The third kappa shape index (κ3) is 2.42. The number of hydrogen-bond acceptors (Lipinski definition) is 4. The van der Waals surface area contributed by atoms with E-state index in [0.29, 0.717) is 24.7 Å². The van der Waals surface area contributed by atoms with Gasteiger partial charge in [0.1, 0.15) is 11.6 Å². The first-order valence-corrected chi connectivity index (χ1v) is 4.29. The molecule has 0 spiro atoms. The van der Waals surface area contributed by atoms with Crippen LogP contribution in [0, 0.1) is 0 Å². The van der Waals surface area contributed by atoms with Gasteiger partial charge in [0.25, 0.3) is 0 Å². The highest BCUT2D eigenvalue weighted by atomic mass is 79.9. The summed E-state index contributed by atoms with van der Waals surface area (Å²) < 4.78 is 5.61. The molecule has 0 saturated carbocycles. The van der Waals surface area contributed by atoms with Crippen LogP contribution < -0.4 is 5.73 Å². The lowest BCUT2D eigenvalue weighted by Crippen LogP contribution is -2.03. The van der Waals surface area contributed by atoms with Crippen LogP contribution in [-0.2, 0) is 11.2 Å². The Kier molecular flexibility index (Phi) is 3.43. The van der Waals surface area contributed by atoms with Gasteiger partial charge in [-0.05, 0) is 15.9 Å². The molecule has 1 heterocycles. The molecule has 1 aromatic heterocycles. The Hall–Kier alpha value is -0.680. The van der Waals surface area contributed by atoms with Gasteiger partial charge in [-0.1, -0.05) is 0 Å². The van der Waals surface area contributed by atoms with Crippen LogP contribution in [0.5, 0.6) is 0 Å². The van der Waals surface area contributed by atoms with Gasteiger partial charge >= 0.3 is 0 Å². The number of rotatable bonds is 3. The summed E-state index contributed by atoms with van der Waals surface area (Å²) in [5.41, 5.74) is 5.55. The second-order valence-corrected chi connectivity index (χ2v) is 3.12. The van der Waals surface area contributed by atoms with Gasteiger partial charge in [-0.25, -0.2) is 9.97 Å². The summed E-state index contributed by atoms with van der Waals surface area (Å²) in [6, 6.07) is 0. The van der Waals surface area contributed by atoms with E-state index in [4.69, 9.17) is 10.5 Å². The van der Waals surface area contributed by atoms with Gasteiger partial charge in [0.2, 0.25) is 0 Å². The fourth-order valence-corrected chi connectivity index (χ4v) is 0.923. The SMILES string of the molecule is COCCc1ncc(Br)c(N)n1. The lowest BCUT2D eigenvalue weighted by Gasteiger charge is -2.00. The van der Waals surface area contributed by atoms with E-state index in [1.165, 1.54) is 0 Å². The van der Waals surface area contributed by atoms with Gasteiger partial charge in [0, 0.05) is 19.7 Å². The van der Waals surface area contributed by atoms with Crippen molar-refractivity contribution in [2.24, 2.45) is 0 Å². The van der Waals surface area contributed by atoms with E-state index >= 15 is 0 Å². The van der Waals surface area contributed by atoms with Crippen molar-refractivity contribution in [2.45, 2.75) is 6.42 Å². The zero-order valence-corrected chi connectivity index (χ0v) is 8.34. The third-order valence-electron chi connectivity index (χ3n) is 1.35. The van der Waals surface area contributed by atoms with E-state index in [9.17, 15) is 0 Å². The van der Waals surface area contributed by atoms with Crippen LogP contribution in [0.2, 0.25) is 0 Å². The van der Waals surface area contributed by atoms with Crippen molar-refractivity contribution in [3.8, 4) is 0 Å². The number of methoxy groups -OCH3 is 1. The molecular weight excluding hydrogens is 222 g/mol. The molecule has 0 amide bonds. The van der Waals surface area contributed by atoms with Crippen molar-refractivity contribution in [3.63, 3.8) is 0 Å². The zero-order chi connectivity index (χ0) is 8.97. The standard InChI is InChI=1S/C7H10BrN3O/c1-12-3-2-6-10-4-5(8)7(9)11-6/h4H,2-3H2,1H3,(H2,9,10,11). The highest BCUT2D eigenvalue weighted by molar-refractivity contribution is 9.10. The van der Waals surface area contributed by atoms with Crippen LogP contribution in [-0.4, -0.2) is 23.7 Å². The first kappa shape index (κ1) is 9.41. The molecule has 0 atom stereocenters. The fourth-order valence-electron chi connectivity index (χ4n) is 0.732. The number of nitrogen functional groups attached to an aromatic ring is 1. The number of anilines is 1. The molecule has 0 bridgehead atoms. The molecule has 0 fully saturated rings. The average molecular weight is 232 g/mol. The minimum Gasteiger partial charge on any atom is -0.384 e. The molecule has 1 aromatic rings. The molecule has 2 N–H and O–H groups in total. The minimum atomic E-state index is 0.469. The number of aromatic nitrogens is 2. The highest BCUT2D eigenvalue weighted by Crippen LogP contribution is 2.14. The molecule has 0 unspecified atom stereocenters. The Morgan fingerprint density at radius 1 is 1.67 bits per heavy atom. The van der Waals surface area contributed by atoms with Gasteiger partial charge in [0.15, 0.2) is 0 Å². The quantitative estimate of drug-likeness (QED) is 0.844. The van der Waals surface area contributed by atoms with Crippen molar-refractivity contribution in [3.05, 3.63) is 16.5 Å². The molecule has 12 heavy (non-hydrogen) atoms. The van der Waals surface area contributed by atoms with Gasteiger partial charge in [-0.2, -0.15) is 0 Å². The smallest absolute Gasteiger partial charge is 0.141 e. The first-order chi connectivity index (χ1) is 5.74. The number of hydrogen-bond donors (Lipinski definition) is 1. The molecule has 0 radical (unpaired) electrons. The van der Waals surface area contributed by atoms with Crippen molar-refractivity contribution in [1.82, 2.24) is 9.97 Å². The third-order valence-corrected chi connectivity index (χ3v) is 1.96. The molecule has 0 aromatic carbocycles. The van der Waals surface area contributed by atoms with Gasteiger partial charge in [-0.15, -0.1) is 0 Å².